The molecule has 0 aliphatic heterocycles. The van der Waals surface area contributed by atoms with Crippen LogP contribution in [0, 0.1) is 16.7 Å². The van der Waals surface area contributed by atoms with E-state index in [0.29, 0.717) is 25.2 Å². The number of hydrogen-bond donors (Lipinski definition) is 1. The van der Waals surface area contributed by atoms with Crippen molar-refractivity contribution >= 4 is 5.91 Å². The van der Waals surface area contributed by atoms with Crippen molar-refractivity contribution in [2.45, 2.75) is 40.2 Å². The molecule has 0 spiro atoms. The molecule has 0 heterocycles. The number of rotatable bonds is 7. The summed E-state index contributed by atoms with van der Waals surface area (Å²) in [6.07, 6.45) is 1.46. The minimum atomic E-state index is -0.488. The van der Waals surface area contributed by atoms with E-state index < -0.39 is 5.41 Å². The molecule has 0 saturated heterocycles. The van der Waals surface area contributed by atoms with Crippen molar-refractivity contribution in [2.24, 2.45) is 11.1 Å². The van der Waals surface area contributed by atoms with Gasteiger partial charge in [-0.25, -0.2) is 0 Å². The van der Waals surface area contributed by atoms with Gasteiger partial charge in [0.1, 0.15) is 0 Å². The number of hydrogen-bond acceptors (Lipinski definition) is 3. The topological polar surface area (TPSA) is 70.1 Å². The monoisotopic (exact) mass is 287 g/mol. The molecule has 1 aromatic rings. The van der Waals surface area contributed by atoms with E-state index in [1.165, 1.54) is 0 Å². The molecule has 0 atom stereocenters. The van der Waals surface area contributed by atoms with Crippen molar-refractivity contribution in [2.75, 3.05) is 13.1 Å². The molecule has 1 rings (SSSR count). The lowest BCUT2D eigenvalue weighted by atomic mass is 9.81. The van der Waals surface area contributed by atoms with Gasteiger partial charge in [0.05, 0.1) is 17.0 Å². The molecule has 114 valence electrons. The largest absolute Gasteiger partial charge is 0.338 e. The van der Waals surface area contributed by atoms with Gasteiger partial charge in [0.15, 0.2) is 0 Å². The summed E-state index contributed by atoms with van der Waals surface area (Å²) in [4.78, 5) is 14.7. The normalized spacial score (nSPS) is 11.0. The lowest BCUT2D eigenvalue weighted by molar-refractivity contribution is -0.142. The Morgan fingerprint density at radius 2 is 1.90 bits per heavy atom. The molecule has 2 N–H and O–H groups in total. The van der Waals surface area contributed by atoms with Gasteiger partial charge in [-0.2, -0.15) is 5.26 Å². The number of benzene rings is 1. The van der Waals surface area contributed by atoms with Crippen molar-refractivity contribution in [3.8, 4) is 6.07 Å². The van der Waals surface area contributed by atoms with Crippen molar-refractivity contribution < 1.29 is 4.79 Å². The quantitative estimate of drug-likeness (QED) is 0.838. The summed E-state index contributed by atoms with van der Waals surface area (Å²) in [6.45, 7) is 7.40. The Bertz CT molecular complexity index is 507. The first-order chi connectivity index (χ1) is 10.1. The van der Waals surface area contributed by atoms with Crippen molar-refractivity contribution in [3.05, 3.63) is 35.4 Å². The maximum Gasteiger partial charge on any atom is 0.230 e. The van der Waals surface area contributed by atoms with Crippen LogP contribution in [0.5, 0.6) is 0 Å². The van der Waals surface area contributed by atoms with Crippen LogP contribution in [0.2, 0.25) is 0 Å². The average Bonchev–Trinajstić information content (AvgIpc) is 2.54. The van der Waals surface area contributed by atoms with Gasteiger partial charge in [0, 0.05) is 19.6 Å². The van der Waals surface area contributed by atoms with E-state index >= 15 is 0 Å². The molecule has 0 aromatic heterocycles. The summed E-state index contributed by atoms with van der Waals surface area (Å²) in [6, 6.07) is 9.59. The highest BCUT2D eigenvalue weighted by molar-refractivity contribution is 5.83. The lowest BCUT2D eigenvalue weighted by Gasteiger charge is -2.35. The minimum Gasteiger partial charge on any atom is -0.338 e. The SMILES string of the molecule is CCN(Cc1ccccc1C#N)C(=O)C(CC)(CC)CN. The van der Waals surface area contributed by atoms with Gasteiger partial charge in [-0.3, -0.25) is 4.79 Å². The van der Waals surface area contributed by atoms with Crippen molar-refractivity contribution in [1.82, 2.24) is 4.90 Å². The maximum atomic E-state index is 12.9. The van der Waals surface area contributed by atoms with Crippen LogP contribution >= 0.6 is 0 Å². The van der Waals surface area contributed by atoms with Crippen LogP contribution < -0.4 is 5.73 Å². The molecule has 0 fully saturated rings. The fraction of sp³-hybridized carbons (Fsp3) is 0.529. The third kappa shape index (κ3) is 3.62. The predicted molar refractivity (Wildman–Crippen MR) is 84.3 cm³/mol. The Labute approximate surface area is 127 Å². The Morgan fingerprint density at radius 3 is 2.38 bits per heavy atom. The van der Waals surface area contributed by atoms with E-state index in [9.17, 15) is 4.79 Å². The van der Waals surface area contributed by atoms with Crippen LogP contribution in [-0.2, 0) is 11.3 Å². The van der Waals surface area contributed by atoms with E-state index in [2.05, 4.69) is 6.07 Å². The molecular weight excluding hydrogens is 262 g/mol. The molecule has 0 aliphatic carbocycles. The average molecular weight is 287 g/mol. The van der Waals surface area contributed by atoms with Gasteiger partial charge >= 0.3 is 0 Å². The van der Waals surface area contributed by atoms with E-state index in [1.54, 1.807) is 11.0 Å². The van der Waals surface area contributed by atoms with Crippen LogP contribution in [0.1, 0.15) is 44.7 Å². The zero-order chi connectivity index (χ0) is 15.9. The molecule has 4 heteroatoms. The van der Waals surface area contributed by atoms with Crippen LogP contribution in [0.4, 0.5) is 0 Å². The molecule has 4 nitrogen and oxygen atoms in total. The van der Waals surface area contributed by atoms with Crippen LogP contribution in [0.25, 0.3) is 0 Å². The third-order valence-corrected chi connectivity index (χ3v) is 4.37. The van der Waals surface area contributed by atoms with Crippen molar-refractivity contribution in [1.29, 1.82) is 5.26 Å². The Morgan fingerprint density at radius 1 is 1.29 bits per heavy atom. The second-order valence-corrected chi connectivity index (χ2v) is 5.28. The third-order valence-electron chi connectivity index (χ3n) is 4.37. The first-order valence-corrected chi connectivity index (χ1v) is 7.55. The van der Waals surface area contributed by atoms with Crippen LogP contribution in [0.15, 0.2) is 24.3 Å². The van der Waals surface area contributed by atoms with E-state index in [4.69, 9.17) is 11.0 Å². The highest BCUT2D eigenvalue weighted by Crippen LogP contribution is 2.28. The first kappa shape index (κ1) is 17.2. The Hall–Kier alpha value is -1.86. The Balaban J connectivity index is 3.03. The van der Waals surface area contributed by atoms with Gasteiger partial charge in [-0.05, 0) is 31.4 Å². The fourth-order valence-corrected chi connectivity index (χ4v) is 2.56. The molecule has 0 unspecified atom stereocenters. The maximum absolute atomic E-state index is 12.9. The number of amides is 1. The number of carbonyl (C=O) groups is 1. The lowest BCUT2D eigenvalue weighted by Crippen LogP contribution is -2.47. The van der Waals surface area contributed by atoms with Gasteiger partial charge in [-0.15, -0.1) is 0 Å². The summed E-state index contributed by atoms with van der Waals surface area (Å²) in [5.74, 6) is 0.0882. The zero-order valence-electron chi connectivity index (χ0n) is 13.2. The van der Waals surface area contributed by atoms with Crippen LogP contribution in [-0.4, -0.2) is 23.9 Å². The predicted octanol–water partition coefficient (Wildman–Crippen LogP) is 2.67. The summed E-state index contributed by atoms with van der Waals surface area (Å²) < 4.78 is 0. The minimum absolute atomic E-state index is 0.0882. The van der Waals surface area contributed by atoms with Gasteiger partial charge in [0.25, 0.3) is 0 Å². The number of nitrogens with two attached hydrogens (primary N) is 1. The summed E-state index contributed by atoms with van der Waals surface area (Å²) in [5, 5.41) is 9.17. The van der Waals surface area contributed by atoms with Gasteiger partial charge in [0.2, 0.25) is 5.91 Å². The Kier molecular flexibility index (Phi) is 6.39. The highest BCUT2D eigenvalue weighted by atomic mass is 16.2. The summed E-state index contributed by atoms with van der Waals surface area (Å²) in [5.41, 5.74) is 6.89. The fourth-order valence-electron chi connectivity index (χ4n) is 2.56. The van der Waals surface area contributed by atoms with Gasteiger partial charge < -0.3 is 10.6 Å². The molecule has 1 aromatic carbocycles. The summed E-state index contributed by atoms with van der Waals surface area (Å²) >= 11 is 0. The molecule has 0 radical (unpaired) electrons. The van der Waals surface area contributed by atoms with E-state index in [1.807, 2.05) is 39.0 Å². The standard InChI is InChI=1S/C17H25N3O/c1-4-17(5-2,13-19)16(21)20(6-3)12-15-10-8-7-9-14(15)11-18/h7-10H,4-6,12-13,19H2,1-3H3. The zero-order valence-corrected chi connectivity index (χ0v) is 13.2. The highest BCUT2D eigenvalue weighted by Gasteiger charge is 2.36. The smallest absolute Gasteiger partial charge is 0.230 e. The molecule has 1 amide bonds. The number of nitriles is 1. The molecule has 21 heavy (non-hydrogen) atoms. The number of nitrogens with zero attached hydrogens (tertiary/aromatic N) is 2. The molecular formula is C17H25N3O. The molecule has 0 bridgehead atoms. The van der Waals surface area contributed by atoms with Crippen LogP contribution in [0.3, 0.4) is 0 Å². The molecule has 0 saturated carbocycles. The van der Waals surface area contributed by atoms with E-state index in [0.717, 1.165) is 18.4 Å². The first-order valence-electron chi connectivity index (χ1n) is 7.55. The second-order valence-electron chi connectivity index (χ2n) is 5.28. The van der Waals surface area contributed by atoms with Gasteiger partial charge in [-0.1, -0.05) is 32.0 Å². The second kappa shape index (κ2) is 7.80. The van der Waals surface area contributed by atoms with Crippen molar-refractivity contribution in [3.63, 3.8) is 0 Å². The summed E-state index contributed by atoms with van der Waals surface area (Å²) in [7, 11) is 0. The van der Waals surface area contributed by atoms with E-state index in [-0.39, 0.29) is 5.91 Å². The molecule has 0 aliphatic rings. The number of carbonyl (C=O) groups excluding carboxylic acids is 1.